The first-order valence-electron chi connectivity index (χ1n) is 5.92. The number of benzene rings is 1. The van der Waals surface area contributed by atoms with Gasteiger partial charge in [0.25, 0.3) is 0 Å². The molecule has 0 spiro atoms. The van der Waals surface area contributed by atoms with Crippen molar-refractivity contribution in [2.45, 2.75) is 25.7 Å². The number of aryl methyl sites for hydroxylation is 1. The van der Waals surface area contributed by atoms with Crippen LogP contribution in [-0.4, -0.2) is 19.7 Å². The van der Waals surface area contributed by atoms with Crippen molar-refractivity contribution in [3.05, 3.63) is 28.8 Å². The SMILES string of the molecule is c1c2c(cc3c1CCCO3)CCNCC2. The predicted molar refractivity (Wildman–Crippen MR) is 60.5 cm³/mol. The fourth-order valence-corrected chi connectivity index (χ4v) is 2.53. The van der Waals surface area contributed by atoms with Gasteiger partial charge in [0.05, 0.1) is 6.61 Å². The minimum Gasteiger partial charge on any atom is -0.493 e. The maximum Gasteiger partial charge on any atom is 0.122 e. The number of fused-ring (bicyclic) bond motifs is 2. The van der Waals surface area contributed by atoms with Crippen molar-refractivity contribution >= 4 is 0 Å². The molecule has 0 aromatic heterocycles. The molecule has 2 nitrogen and oxygen atoms in total. The zero-order valence-electron chi connectivity index (χ0n) is 9.01. The number of rotatable bonds is 0. The fraction of sp³-hybridized carbons (Fsp3) is 0.538. The van der Waals surface area contributed by atoms with Gasteiger partial charge in [0, 0.05) is 0 Å². The van der Waals surface area contributed by atoms with E-state index in [2.05, 4.69) is 17.4 Å². The van der Waals surface area contributed by atoms with Crippen molar-refractivity contribution in [2.24, 2.45) is 0 Å². The molecule has 2 heteroatoms. The predicted octanol–water partition coefficient (Wildman–Crippen LogP) is 1.70. The summed E-state index contributed by atoms with van der Waals surface area (Å²) in [7, 11) is 0. The third-order valence-electron chi connectivity index (χ3n) is 3.37. The Morgan fingerprint density at radius 3 is 2.60 bits per heavy atom. The first-order valence-corrected chi connectivity index (χ1v) is 5.92. The van der Waals surface area contributed by atoms with Gasteiger partial charge in [-0.3, -0.25) is 0 Å². The van der Waals surface area contributed by atoms with Gasteiger partial charge < -0.3 is 10.1 Å². The normalized spacial score (nSPS) is 19.7. The van der Waals surface area contributed by atoms with Gasteiger partial charge >= 0.3 is 0 Å². The van der Waals surface area contributed by atoms with Crippen molar-refractivity contribution in [1.29, 1.82) is 0 Å². The molecule has 0 fully saturated rings. The van der Waals surface area contributed by atoms with Gasteiger partial charge in [0.2, 0.25) is 0 Å². The largest absolute Gasteiger partial charge is 0.493 e. The molecule has 80 valence electrons. The molecule has 2 aliphatic rings. The molecule has 0 atom stereocenters. The molecule has 15 heavy (non-hydrogen) atoms. The second kappa shape index (κ2) is 3.86. The third kappa shape index (κ3) is 1.74. The molecule has 0 saturated heterocycles. The van der Waals surface area contributed by atoms with Crippen LogP contribution in [0.2, 0.25) is 0 Å². The van der Waals surface area contributed by atoms with Crippen LogP contribution in [-0.2, 0) is 19.3 Å². The minimum atomic E-state index is 0.893. The van der Waals surface area contributed by atoms with Crippen molar-refractivity contribution in [3.63, 3.8) is 0 Å². The molecular weight excluding hydrogens is 186 g/mol. The highest BCUT2D eigenvalue weighted by Gasteiger charge is 2.15. The second-order valence-corrected chi connectivity index (χ2v) is 4.43. The van der Waals surface area contributed by atoms with Crippen LogP contribution >= 0.6 is 0 Å². The average molecular weight is 203 g/mol. The highest BCUT2D eigenvalue weighted by molar-refractivity contribution is 5.44. The first kappa shape index (κ1) is 9.22. The van der Waals surface area contributed by atoms with E-state index in [0.29, 0.717) is 0 Å². The molecular formula is C13H17NO. The lowest BCUT2D eigenvalue weighted by atomic mass is 9.96. The van der Waals surface area contributed by atoms with Gasteiger partial charge in [-0.2, -0.15) is 0 Å². The monoisotopic (exact) mass is 203 g/mol. The van der Waals surface area contributed by atoms with Crippen LogP contribution < -0.4 is 10.1 Å². The maximum absolute atomic E-state index is 5.71. The molecule has 0 radical (unpaired) electrons. The van der Waals surface area contributed by atoms with E-state index in [1.807, 2.05) is 0 Å². The average Bonchev–Trinajstić information content (AvgIpc) is 2.50. The Morgan fingerprint density at radius 1 is 0.933 bits per heavy atom. The fourth-order valence-electron chi connectivity index (χ4n) is 2.53. The Kier molecular flexibility index (Phi) is 2.37. The van der Waals surface area contributed by atoms with Crippen molar-refractivity contribution in [2.75, 3.05) is 19.7 Å². The lowest BCUT2D eigenvalue weighted by molar-refractivity contribution is 0.288. The van der Waals surface area contributed by atoms with E-state index in [1.165, 1.54) is 36.0 Å². The van der Waals surface area contributed by atoms with Crippen LogP contribution in [0.15, 0.2) is 12.1 Å². The van der Waals surface area contributed by atoms with Gasteiger partial charge in [-0.05, 0) is 61.5 Å². The summed E-state index contributed by atoms with van der Waals surface area (Å²) < 4.78 is 5.71. The van der Waals surface area contributed by atoms with Gasteiger partial charge in [-0.15, -0.1) is 0 Å². The van der Waals surface area contributed by atoms with Crippen LogP contribution in [0.1, 0.15) is 23.1 Å². The lowest BCUT2D eigenvalue weighted by Gasteiger charge is -2.19. The van der Waals surface area contributed by atoms with Crippen molar-refractivity contribution in [3.8, 4) is 5.75 Å². The quantitative estimate of drug-likeness (QED) is 0.693. The Morgan fingerprint density at radius 2 is 1.73 bits per heavy atom. The van der Waals surface area contributed by atoms with Gasteiger partial charge in [0.15, 0.2) is 0 Å². The zero-order chi connectivity index (χ0) is 10.1. The molecule has 0 unspecified atom stereocenters. The summed E-state index contributed by atoms with van der Waals surface area (Å²) in [4.78, 5) is 0. The van der Waals surface area contributed by atoms with E-state index >= 15 is 0 Å². The first-order chi connectivity index (χ1) is 7.43. The molecule has 1 N–H and O–H groups in total. The minimum absolute atomic E-state index is 0.893. The van der Waals surface area contributed by atoms with Crippen LogP contribution in [0.25, 0.3) is 0 Å². The van der Waals surface area contributed by atoms with E-state index in [1.54, 1.807) is 0 Å². The second-order valence-electron chi connectivity index (χ2n) is 4.43. The van der Waals surface area contributed by atoms with E-state index < -0.39 is 0 Å². The molecule has 0 aliphatic carbocycles. The van der Waals surface area contributed by atoms with E-state index in [-0.39, 0.29) is 0 Å². The van der Waals surface area contributed by atoms with E-state index in [4.69, 9.17) is 4.74 Å². The summed E-state index contributed by atoms with van der Waals surface area (Å²) in [6.45, 7) is 3.11. The number of hydrogen-bond donors (Lipinski definition) is 1. The number of hydrogen-bond acceptors (Lipinski definition) is 2. The third-order valence-corrected chi connectivity index (χ3v) is 3.37. The molecule has 2 heterocycles. The van der Waals surface area contributed by atoms with Gasteiger partial charge in [0.1, 0.15) is 5.75 Å². The smallest absolute Gasteiger partial charge is 0.122 e. The topological polar surface area (TPSA) is 21.3 Å². The highest BCUT2D eigenvalue weighted by Crippen LogP contribution is 2.29. The lowest BCUT2D eigenvalue weighted by Crippen LogP contribution is -2.16. The van der Waals surface area contributed by atoms with Crippen molar-refractivity contribution < 1.29 is 4.74 Å². The summed E-state index contributed by atoms with van der Waals surface area (Å²) >= 11 is 0. The van der Waals surface area contributed by atoms with E-state index in [0.717, 1.165) is 31.9 Å². The summed E-state index contributed by atoms with van der Waals surface area (Å²) in [5.41, 5.74) is 4.44. The van der Waals surface area contributed by atoms with Gasteiger partial charge in [-0.25, -0.2) is 0 Å². The summed E-state index contributed by atoms with van der Waals surface area (Å²) in [5, 5.41) is 3.44. The molecule has 1 aromatic carbocycles. The Labute approximate surface area is 90.6 Å². The van der Waals surface area contributed by atoms with Crippen LogP contribution in [0, 0.1) is 0 Å². The zero-order valence-corrected chi connectivity index (χ0v) is 9.01. The van der Waals surface area contributed by atoms with Crippen LogP contribution in [0.4, 0.5) is 0 Å². The van der Waals surface area contributed by atoms with Gasteiger partial charge in [-0.1, -0.05) is 6.07 Å². The van der Waals surface area contributed by atoms with Crippen molar-refractivity contribution in [1.82, 2.24) is 5.32 Å². The summed E-state index contributed by atoms with van der Waals surface area (Å²) in [5.74, 6) is 1.14. The molecule has 1 aromatic rings. The highest BCUT2D eigenvalue weighted by atomic mass is 16.5. The van der Waals surface area contributed by atoms with Crippen LogP contribution in [0.3, 0.4) is 0 Å². The Bertz CT molecular complexity index is 338. The Balaban J connectivity index is 2.02. The summed E-state index contributed by atoms with van der Waals surface area (Å²) in [6.07, 6.45) is 4.68. The molecule has 0 amide bonds. The summed E-state index contributed by atoms with van der Waals surface area (Å²) in [6, 6.07) is 4.65. The molecule has 3 rings (SSSR count). The number of ether oxygens (including phenoxy) is 1. The van der Waals surface area contributed by atoms with Crippen LogP contribution in [0.5, 0.6) is 5.75 Å². The number of nitrogens with one attached hydrogen (secondary N) is 1. The molecule has 0 saturated carbocycles. The standard InChI is InChI=1S/C13H17NO/c1-2-12-8-10-3-5-14-6-4-11(10)9-13(12)15-7-1/h8-9,14H,1-7H2. The maximum atomic E-state index is 5.71. The molecule has 0 bridgehead atoms. The van der Waals surface area contributed by atoms with E-state index in [9.17, 15) is 0 Å². The Hall–Kier alpha value is -1.02. The molecule has 2 aliphatic heterocycles.